The minimum Gasteiger partial charge on any atom is -0.352 e. The van der Waals surface area contributed by atoms with E-state index in [2.05, 4.69) is 137 Å². The van der Waals surface area contributed by atoms with Crippen molar-refractivity contribution in [1.82, 2.24) is 20.0 Å². The molecule has 1 amide bonds. The lowest BCUT2D eigenvalue weighted by Crippen LogP contribution is -2.56. The Bertz CT molecular complexity index is 1590. The van der Waals surface area contributed by atoms with Crippen molar-refractivity contribution < 1.29 is 4.79 Å². The van der Waals surface area contributed by atoms with Crippen molar-refractivity contribution in [3.8, 4) is 11.1 Å². The van der Waals surface area contributed by atoms with Gasteiger partial charge in [0, 0.05) is 57.1 Å². The van der Waals surface area contributed by atoms with E-state index in [-0.39, 0.29) is 11.9 Å². The van der Waals surface area contributed by atoms with E-state index in [1.807, 2.05) is 12.1 Å². The molecule has 2 heterocycles. The summed E-state index contributed by atoms with van der Waals surface area (Å²) in [6, 6.07) is 35.6. The number of hydrogen-bond donors (Lipinski definition) is 1. The van der Waals surface area contributed by atoms with Crippen LogP contribution in [0.5, 0.6) is 0 Å². The molecule has 1 saturated heterocycles. The molecule has 6 rings (SSSR count). The molecule has 4 aromatic rings. The Kier molecular flexibility index (Phi) is 9.58. The highest BCUT2D eigenvalue weighted by molar-refractivity contribution is 6.01. The molecule has 2 aliphatic heterocycles. The first-order valence-electron chi connectivity index (χ1n) is 16.0. The van der Waals surface area contributed by atoms with Crippen molar-refractivity contribution in [3.05, 3.63) is 120 Å². The van der Waals surface area contributed by atoms with Gasteiger partial charge in [-0.15, -0.1) is 0 Å². The first-order valence-corrected chi connectivity index (χ1v) is 16.0. The monoisotopic (exact) mass is 600 g/mol. The number of fused-ring (bicyclic) bond motifs is 1. The Balaban J connectivity index is 1.30. The normalized spacial score (nSPS) is 16.8. The minimum atomic E-state index is -0.193. The van der Waals surface area contributed by atoms with Gasteiger partial charge in [-0.25, -0.2) is 4.99 Å². The second kappa shape index (κ2) is 14.1. The molecular weight excluding hydrogens is 556 g/mol. The van der Waals surface area contributed by atoms with Gasteiger partial charge in [-0.05, 0) is 55.9 Å². The van der Waals surface area contributed by atoms with E-state index < -0.39 is 0 Å². The van der Waals surface area contributed by atoms with Gasteiger partial charge in [0.2, 0.25) is 11.9 Å². The first kappa shape index (κ1) is 30.6. The highest BCUT2D eigenvalue weighted by Gasteiger charge is 2.36. The standard InChI is InChI=1S/C38H44N6O/c1-29-13-15-30(16-14-29)28-39-37(45)27-36-34-11-7-8-12-35(34)40-38(43-25-23-42(24-26-43)22-21-41(2)3)44(36)33-19-17-32(18-20-33)31-9-5-4-6-10-31/h4-20,36H,21-28H2,1-3H3,(H,39,45). The molecular formula is C38H44N6O. The van der Waals surface area contributed by atoms with Gasteiger partial charge >= 0.3 is 0 Å². The summed E-state index contributed by atoms with van der Waals surface area (Å²) in [5.41, 5.74) is 7.71. The van der Waals surface area contributed by atoms with E-state index in [1.54, 1.807) is 0 Å². The molecule has 45 heavy (non-hydrogen) atoms. The second-order valence-corrected chi connectivity index (χ2v) is 12.4. The number of nitrogens with zero attached hydrogens (tertiary/aromatic N) is 5. The SMILES string of the molecule is Cc1ccc(CNC(=O)CC2c3ccccc3N=C(N3CCN(CCN(C)C)CC3)N2c2ccc(-c3ccccc3)cc2)cc1. The van der Waals surface area contributed by atoms with Gasteiger partial charge in [0.05, 0.1) is 18.2 Å². The largest absolute Gasteiger partial charge is 0.352 e. The number of piperazine rings is 1. The summed E-state index contributed by atoms with van der Waals surface area (Å²) in [6.45, 7) is 8.44. The zero-order chi connectivity index (χ0) is 31.2. The van der Waals surface area contributed by atoms with Crippen LogP contribution in [0.4, 0.5) is 11.4 Å². The number of aliphatic imine (C=N–C) groups is 1. The molecule has 0 bridgehead atoms. The number of carbonyl (C=O) groups is 1. The molecule has 1 fully saturated rings. The van der Waals surface area contributed by atoms with Crippen LogP contribution >= 0.6 is 0 Å². The average Bonchev–Trinajstić information content (AvgIpc) is 3.07. The number of rotatable bonds is 9. The summed E-state index contributed by atoms with van der Waals surface area (Å²) in [5, 5.41) is 3.19. The van der Waals surface area contributed by atoms with E-state index in [0.717, 1.165) is 73.3 Å². The zero-order valence-electron chi connectivity index (χ0n) is 26.7. The summed E-state index contributed by atoms with van der Waals surface area (Å²) in [4.78, 5) is 28.4. The van der Waals surface area contributed by atoms with Gasteiger partial charge in [0.1, 0.15) is 0 Å². The lowest BCUT2D eigenvalue weighted by Gasteiger charge is -2.45. The Morgan fingerprint density at radius 2 is 1.49 bits per heavy atom. The van der Waals surface area contributed by atoms with Crippen LogP contribution in [0.25, 0.3) is 11.1 Å². The van der Waals surface area contributed by atoms with E-state index in [4.69, 9.17) is 4.99 Å². The third-order valence-electron chi connectivity index (χ3n) is 8.80. The lowest BCUT2D eigenvalue weighted by molar-refractivity contribution is -0.121. The summed E-state index contributed by atoms with van der Waals surface area (Å²) >= 11 is 0. The van der Waals surface area contributed by atoms with Gasteiger partial charge < -0.3 is 20.0 Å². The van der Waals surface area contributed by atoms with Gasteiger partial charge in [0.15, 0.2) is 0 Å². The molecule has 0 aliphatic carbocycles. The van der Waals surface area contributed by atoms with Crippen molar-refractivity contribution >= 4 is 23.2 Å². The van der Waals surface area contributed by atoms with Crippen LogP contribution < -0.4 is 10.2 Å². The number of anilines is 1. The van der Waals surface area contributed by atoms with Crippen LogP contribution in [0.1, 0.15) is 29.2 Å². The topological polar surface area (TPSA) is 54.4 Å². The molecule has 0 radical (unpaired) electrons. The second-order valence-electron chi connectivity index (χ2n) is 12.4. The number of carbonyl (C=O) groups excluding carboxylic acids is 1. The molecule has 1 unspecified atom stereocenters. The van der Waals surface area contributed by atoms with E-state index in [9.17, 15) is 4.79 Å². The van der Waals surface area contributed by atoms with Crippen LogP contribution in [-0.2, 0) is 11.3 Å². The number of para-hydroxylation sites is 1. The lowest BCUT2D eigenvalue weighted by atomic mass is 9.96. The smallest absolute Gasteiger partial charge is 0.222 e. The quantitative estimate of drug-likeness (QED) is 0.252. The fraction of sp³-hybridized carbons (Fsp3) is 0.316. The number of aryl methyl sites for hydroxylation is 1. The fourth-order valence-corrected chi connectivity index (χ4v) is 6.14. The summed E-state index contributed by atoms with van der Waals surface area (Å²) in [6.07, 6.45) is 0.325. The van der Waals surface area contributed by atoms with Crippen molar-refractivity contribution in [3.63, 3.8) is 0 Å². The minimum absolute atomic E-state index is 0.0241. The first-order chi connectivity index (χ1) is 21.9. The molecule has 0 saturated carbocycles. The maximum Gasteiger partial charge on any atom is 0.222 e. The number of nitrogens with one attached hydrogen (secondary N) is 1. The molecule has 2 aliphatic rings. The summed E-state index contributed by atoms with van der Waals surface area (Å²) in [7, 11) is 4.25. The number of likely N-dealkylation sites (N-methyl/N-ethyl adjacent to an activating group) is 1. The molecule has 0 spiro atoms. The molecule has 232 valence electrons. The molecule has 7 nitrogen and oxygen atoms in total. The van der Waals surface area contributed by atoms with E-state index in [1.165, 1.54) is 11.1 Å². The van der Waals surface area contributed by atoms with Gasteiger partial charge in [-0.3, -0.25) is 9.69 Å². The maximum atomic E-state index is 13.6. The Hall–Kier alpha value is -4.46. The van der Waals surface area contributed by atoms with Crippen molar-refractivity contribution in [2.45, 2.75) is 25.9 Å². The Morgan fingerprint density at radius 3 is 2.20 bits per heavy atom. The van der Waals surface area contributed by atoms with Gasteiger partial charge in [0.25, 0.3) is 0 Å². The van der Waals surface area contributed by atoms with Crippen molar-refractivity contribution in [2.75, 3.05) is 58.3 Å². The maximum absolute atomic E-state index is 13.6. The summed E-state index contributed by atoms with van der Waals surface area (Å²) in [5.74, 6) is 0.945. The van der Waals surface area contributed by atoms with Crippen LogP contribution in [-0.4, -0.2) is 79.9 Å². The van der Waals surface area contributed by atoms with Crippen LogP contribution in [0.3, 0.4) is 0 Å². The number of hydrogen-bond acceptors (Lipinski definition) is 6. The highest BCUT2D eigenvalue weighted by atomic mass is 16.1. The highest BCUT2D eigenvalue weighted by Crippen LogP contribution is 2.41. The molecule has 1 N–H and O–H groups in total. The molecule has 0 aromatic heterocycles. The van der Waals surface area contributed by atoms with E-state index in [0.29, 0.717) is 13.0 Å². The van der Waals surface area contributed by atoms with Gasteiger partial charge in [-0.2, -0.15) is 0 Å². The Morgan fingerprint density at radius 1 is 0.822 bits per heavy atom. The van der Waals surface area contributed by atoms with Gasteiger partial charge in [-0.1, -0.05) is 90.5 Å². The van der Waals surface area contributed by atoms with E-state index >= 15 is 0 Å². The summed E-state index contributed by atoms with van der Waals surface area (Å²) < 4.78 is 0. The third kappa shape index (κ3) is 7.44. The predicted molar refractivity (Wildman–Crippen MR) is 185 cm³/mol. The average molecular weight is 601 g/mol. The zero-order valence-corrected chi connectivity index (χ0v) is 26.7. The van der Waals surface area contributed by atoms with Crippen LogP contribution in [0.15, 0.2) is 108 Å². The molecule has 4 aromatic carbocycles. The molecule has 7 heteroatoms. The number of guanidine groups is 1. The van der Waals surface area contributed by atoms with Crippen molar-refractivity contribution in [2.24, 2.45) is 4.99 Å². The predicted octanol–water partition coefficient (Wildman–Crippen LogP) is 6.10. The Labute approximate surface area is 267 Å². The third-order valence-corrected chi connectivity index (χ3v) is 8.80. The fourth-order valence-electron chi connectivity index (χ4n) is 6.14. The van der Waals surface area contributed by atoms with Crippen molar-refractivity contribution in [1.29, 1.82) is 0 Å². The number of amides is 1. The molecule has 1 atom stereocenters. The van der Waals surface area contributed by atoms with Crippen LogP contribution in [0.2, 0.25) is 0 Å². The van der Waals surface area contributed by atoms with Crippen LogP contribution in [0, 0.1) is 6.92 Å². The number of benzene rings is 4.